The summed E-state index contributed by atoms with van der Waals surface area (Å²) >= 11 is 0. The maximum Gasteiger partial charge on any atom is 0.251 e. The van der Waals surface area contributed by atoms with Gasteiger partial charge in [-0.05, 0) is 29.3 Å². The number of carbonyl (C=O) groups is 2. The molecule has 0 unspecified atom stereocenters. The van der Waals surface area contributed by atoms with Crippen molar-refractivity contribution in [3.8, 4) is 0 Å². The summed E-state index contributed by atoms with van der Waals surface area (Å²) in [6, 6.07) is 12.8. The third-order valence-corrected chi connectivity index (χ3v) is 4.51. The van der Waals surface area contributed by atoms with Gasteiger partial charge in [0.1, 0.15) is 6.04 Å². The van der Waals surface area contributed by atoms with Crippen LogP contribution >= 0.6 is 0 Å². The Morgan fingerprint density at radius 2 is 1.64 bits per heavy atom. The smallest absolute Gasteiger partial charge is 0.251 e. The van der Waals surface area contributed by atoms with Gasteiger partial charge in [0, 0.05) is 5.56 Å². The Bertz CT molecular complexity index is 712. The molecule has 25 heavy (non-hydrogen) atoms. The van der Waals surface area contributed by atoms with Gasteiger partial charge in [0.05, 0.1) is 0 Å². The molecule has 0 aromatic heterocycles. The van der Waals surface area contributed by atoms with Gasteiger partial charge in [0.15, 0.2) is 0 Å². The van der Waals surface area contributed by atoms with E-state index in [2.05, 4.69) is 12.2 Å². The number of primary amides is 1. The number of benzene rings is 2. The minimum absolute atomic E-state index is 0.250. The number of unbranched alkanes of at least 4 members (excludes halogenated alkanes) is 5. The number of amides is 2. The molecule has 4 heteroatoms. The molecule has 4 nitrogen and oxygen atoms in total. The van der Waals surface area contributed by atoms with Crippen molar-refractivity contribution in [3.63, 3.8) is 0 Å². The van der Waals surface area contributed by atoms with Crippen molar-refractivity contribution in [1.82, 2.24) is 5.32 Å². The SMILES string of the molecule is CCCCCCCC[C@H](NC(=O)c1ccc2ccccc2c1)C(N)=O. The molecule has 0 bridgehead atoms. The number of hydrogen-bond donors (Lipinski definition) is 2. The van der Waals surface area contributed by atoms with Gasteiger partial charge in [-0.2, -0.15) is 0 Å². The third-order valence-electron chi connectivity index (χ3n) is 4.51. The monoisotopic (exact) mass is 340 g/mol. The Balaban J connectivity index is 1.91. The minimum Gasteiger partial charge on any atom is -0.368 e. The van der Waals surface area contributed by atoms with Crippen LogP contribution in [0.5, 0.6) is 0 Å². The zero-order valence-corrected chi connectivity index (χ0v) is 15.0. The standard InChI is InChI=1S/C21H28N2O2/c1-2-3-4-5-6-7-12-19(20(22)24)23-21(25)18-14-13-16-10-8-9-11-17(16)15-18/h8-11,13-15,19H,2-7,12H2,1H3,(H2,22,24)(H,23,25)/t19-/m0/s1. The van der Waals surface area contributed by atoms with Crippen molar-refractivity contribution in [3.05, 3.63) is 48.0 Å². The van der Waals surface area contributed by atoms with Crippen LogP contribution < -0.4 is 11.1 Å². The molecule has 0 aliphatic rings. The van der Waals surface area contributed by atoms with Crippen LogP contribution in [-0.2, 0) is 4.79 Å². The molecular formula is C21H28N2O2. The van der Waals surface area contributed by atoms with E-state index in [1.54, 1.807) is 6.07 Å². The largest absolute Gasteiger partial charge is 0.368 e. The Morgan fingerprint density at radius 1 is 0.960 bits per heavy atom. The van der Waals surface area contributed by atoms with Gasteiger partial charge < -0.3 is 11.1 Å². The van der Waals surface area contributed by atoms with Crippen LogP contribution in [0.1, 0.15) is 62.2 Å². The quantitative estimate of drug-likeness (QED) is 0.637. The van der Waals surface area contributed by atoms with E-state index in [0.717, 1.165) is 30.0 Å². The van der Waals surface area contributed by atoms with E-state index >= 15 is 0 Å². The molecule has 0 saturated carbocycles. The van der Waals surface area contributed by atoms with E-state index in [0.29, 0.717) is 12.0 Å². The van der Waals surface area contributed by atoms with E-state index in [-0.39, 0.29) is 5.91 Å². The van der Waals surface area contributed by atoms with Gasteiger partial charge in [-0.3, -0.25) is 9.59 Å². The fourth-order valence-electron chi connectivity index (χ4n) is 2.99. The molecule has 0 spiro atoms. The fourth-order valence-corrected chi connectivity index (χ4v) is 2.99. The molecular weight excluding hydrogens is 312 g/mol. The second-order valence-corrected chi connectivity index (χ2v) is 6.55. The van der Waals surface area contributed by atoms with Crippen LogP contribution in [0, 0.1) is 0 Å². The molecule has 2 amide bonds. The molecule has 0 fully saturated rings. The Kier molecular flexibility index (Phi) is 7.45. The van der Waals surface area contributed by atoms with Crippen molar-refractivity contribution >= 4 is 22.6 Å². The van der Waals surface area contributed by atoms with Crippen LogP contribution in [0.15, 0.2) is 42.5 Å². The van der Waals surface area contributed by atoms with Gasteiger partial charge in [-0.25, -0.2) is 0 Å². The van der Waals surface area contributed by atoms with Gasteiger partial charge in [-0.1, -0.05) is 75.8 Å². The number of rotatable bonds is 10. The lowest BCUT2D eigenvalue weighted by Crippen LogP contribution is -2.44. The van der Waals surface area contributed by atoms with E-state index in [9.17, 15) is 9.59 Å². The lowest BCUT2D eigenvalue weighted by atomic mass is 10.0. The highest BCUT2D eigenvalue weighted by atomic mass is 16.2. The first-order chi connectivity index (χ1) is 12.1. The molecule has 0 aliphatic carbocycles. The predicted octanol–water partition coefficient (Wildman–Crippen LogP) is 4.17. The van der Waals surface area contributed by atoms with E-state index < -0.39 is 11.9 Å². The first kappa shape index (κ1) is 19.0. The zero-order valence-electron chi connectivity index (χ0n) is 15.0. The Morgan fingerprint density at radius 3 is 2.36 bits per heavy atom. The topological polar surface area (TPSA) is 72.2 Å². The third kappa shape index (κ3) is 5.89. The summed E-state index contributed by atoms with van der Waals surface area (Å²) in [6.07, 6.45) is 7.41. The van der Waals surface area contributed by atoms with Crippen LogP contribution in [0.4, 0.5) is 0 Å². The van der Waals surface area contributed by atoms with Crippen molar-refractivity contribution in [2.24, 2.45) is 5.73 Å². The second-order valence-electron chi connectivity index (χ2n) is 6.55. The second kappa shape index (κ2) is 9.82. The van der Waals surface area contributed by atoms with Gasteiger partial charge in [-0.15, -0.1) is 0 Å². The predicted molar refractivity (Wildman–Crippen MR) is 102 cm³/mol. The summed E-state index contributed by atoms with van der Waals surface area (Å²) in [5, 5.41) is 4.87. The number of carbonyl (C=O) groups excluding carboxylic acids is 2. The fraction of sp³-hybridized carbons (Fsp3) is 0.429. The summed E-state index contributed by atoms with van der Waals surface area (Å²) < 4.78 is 0. The van der Waals surface area contributed by atoms with E-state index in [1.807, 2.05) is 36.4 Å². The maximum atomic E-state index is 12.5. The van der Waals surface area contributed by atoms with Gasteiger partial charge >= 0.3 is 0 Å². The van der Waals surface area contributed by atoms with Crippen LogP contribution in [-0.4, -0.2) is 17.9 Å². The highest BCUT2D eigenvalue weighted by molar-refractivity contribution is 6.00. The lowest BCUT2D eigenvalue weighted by molar-refractivity contribution is -0.120. The molecule has 2 aromatic rings. The van der Waals surface area contributed by atoms with Gasteiger partial charge in [0.2, 0.25) is 5.91 Å². The van der Waals surface area contributed by atoms with E-state index in [4.69, 9.17) is 5.73 Å². The highest BCUT2D eigenvalue weighted by Gasteiger charge is 2.18. The molecule has 0 heterocycles. The number of nitrogens with one attached hydrogen (secondary N) is 1. The Hall–Kier alpha value is -2.36. The van der Waals surface area contributed by atoms with Gasteiger partial charge in [0.25, 0.3) is 5.91 Å². The van der Waals surface area contributed by atoms with Crippen molar-refractivity contribution in [2.75, 3.05) is 0 Å². The zero-order chi connectivity index (χ0) is 18.1. The highest BCUT2D eigenvalue weighted by Crippen LogP contribution is 2.16. The molecule has 3 N–H and O–H groups in total. The summed E-state index contributed by atoms with van der Waals surface area (Å²) in [5.41, 5.74) is 6.01. The van der Waals surface area contributed by atoms with Crippen molar-refractivity contribution in [1.29, 1.82) is 0 Å². The molecule has 134 valence electrons. The molecule has 0 aliphatic heterocycles. The van der Waals surface area contributed by atoms with Crippen molar-refractivity contribution in [2.45, 2.75) is 57.9 Å². The summed E-state index contributed by atoms with van der Waals surface area (Å²) in [7, 11) is 0. The first-order valence-electron chi connectivity index (χ1n) is 9.21. The van der Waals surface area contributed by atoms with Crippen LogP contribution in [0.25, 0.3) is 10.8 Å². The summed E-state index contributed by atoms with van der Waals surface area (Å²) in [5.74, 6) is -0.719. The van der Waals surface area contributed by atoms with E-state index in [1.165, 1.54) is 19.3 Å². The number of hydrogen-bond acceptors (Lipinski definition) is 2. The van der Waals surface area contributed by atoms with Crippen LogP contribution in [0.2, 0.25) is 0 Å². The number of nitrogens with two attached hydrogens (primary N) is 1. The molecule has 2 rings (SSSR count). The molecule has 0 radical (unpaired) electrons. The maximum absolute atomic E-state index is 12.5. The van der Waals surface area contributed by atoms with Crippen LogP contribution in [0.3, 0.4) is 0 Å². The molecule has 1 atom stereocenters. The Labute approximate surface area is 149 Å². The number of fused-ring (bicyclic) bond motifs is 1. The average Bonchev–Trinajstić information content (AvgIpc) is 2.62. The van der Waals surface area contributed by atoms with Crippen molar-refractivity contribution < 1.29 is 9.59 Å². The molecule has 2 aromatic carbocycles. The normalized spacial score (nSPS) is 12.0. The molecule has 0 saturated heterocycles. The lowest BCUT2D eigenvalue weighted by Gasteiger charge is -2.15. The first-order valence-corrected chi connectivity index (χ1v) is 9.21. The summed E-state index contributed by atoms with van der Waals surface area (Å²) in [6.45, 7) is 2.19. The average molecular weight is 340 g/mol. The summed E-state index contributed by atoms with van der Waals surface area (Å²) in [4.78, 5) is 24.1. The minimum atomic E-state index is -0.606.